The van der Waals surface area contributed by atoms with E-state index in [0.29, 0.717) is 5.13 Å². The van der Waals surface area contributed by atoms with Crippen LogP contribution in [0.5, 0.6) is 0 Å². The summed E-state index contributed by atoms with van der Waals surface area (Å²) >= 11 is 2.66. The van der Waals surface area contributed by atoms with Crippen molar-refractivity contribution in [2.24, 2.45) is 0 Å². The van der Waals surface area contributed by atoms with Gasteiger partial charge in [-0.25, -0.2) is 8.42 Å². The number of aromatic nitrogens is 2. The first-order valence-corrected chi connectivity index (χ1v) is 11.5. The topological polar surface area (TPSA) is 135 Å². The van der Waals surface area contributed by atoms with Crippen molar-refractivity contribution in [1.29, 1.82) is 0 Å². The second-order valence-electron chi connectivity index (χ2n) is 5.34. The van der Waals surface area contributed by atoms with Gasteiger partial charge >= 0.3 is 0 Å². The molecule has 0 bridgehead atoms. The average Bonchev–Trinajstić information content (AvgIpc) is 3.05. The number of nitro groups is 1. The van der Waals surface area contributed by atoms with Crippen molar-refractivity contribution in [3.63, 3.8) is 0 Å². The fourth-order valence-electron chi connectivity index (χ4n) is 2.16. The maximum atomic E-state index is 12.1. The van der Waals surface area contributed by atoms with Gasteiger partial charge in [0.2, 0.25) is 21.1 Å². The van der Waals surface area contributed by atoms with Gasteiger partial charge in [0.25, 0.3) is 5.69 Å². The van der Waals surface area contributed by atoms with Gasteiger partial charge in [-0.1, -0.05) is 29.2 Å². The lowest BCUT2D eigenvalue weighted by molar-refractivity contribution is -0.384. The number of anilines is 2. The van der Waals surface area contributed by atoms with E-state index in [1.807, 2.05) is 6.26 Å². The summed E-state index contributed by atoms with van der Waals surface area (Å²) < 4.78 is 25.9. The zero-order chi connectivity index (χ0) is 20.0. The standard InChI is InChI=1S/C14H17N5O5S3/c1-25-14-17-16-13(26-14)15-12(20)7-4-8-18(27(2,23)24)10-5-3-6-11(9-10)19(21)22/h3,5-6,9H,4,7-8H2,1-2H3,(H,15,16,20). The van der Waals surface area contributed by atoms with Gasteiger partial charge in [0, 0.05) is 25.1 Å². The van der Waals surface area contributed by atoms with Crippen molar-refractivity contribution >= 4 is 55.5 Å². The molecule has 27 heavy (non-hydrogen) atoms. The number of nitro benzene ring substituents is 1. The van der Waals surface area contributed by atoms with E-state index in [9.17, 15) is 23.3 Å². The third-order valence-corrected chi connectivity index (χ3v) is 6.33. The summed E-state index contributed by atoms with van der Waals surface area (Å²) in [4.78, 5) is 22.3. The van der Waals surface area contributed by atoms with Crippen LogP contribution in [0.4, 0.5) is 16.5 Å². The smallest absolute Gasteiger partial charge is 0.271 e. The third kappa shape index (κ3) is 6.15. The molecule has 2 aromatic rings. The van der Waals surface area contributed by atoms with Gasteiger partial charge in [0.1, 0.15) is 0 Å². The van der Waals surface area contributed by atoms with E-state index < -0.39 is 14.9 Å². The van der Waals surface area contributed by atoms with Gasteiger partial charge in [-0.3, -0.25) is 19.2 Å². The Hall–Kier alpha value is -2.25. The molecule has 1 heterocycles. The van der Waals surface area contributed by atoms with Gasteiger partial charge in [0.05, 0.1) is 16.9 Å². The molecule has 0 radical (unpaired) electrons. The number of rotatable bonds is 9. The van der Waals surface area contributed by atoms with Crippen LogP contribution in [0.3, 0.4) is 0 Å². The molecule has 0 aliphatic heterocycles. The van der Waals surface area contributed by atoms with Crippen LogP contribution < -0.4 is 9.62 Å². The number of sulfonamides is 1. The third-order valence-electron chi connectivity index (χ3n) is 3.32. The predicted octanol–water partition coefficient (Wildman–Crippen LogP) is 2.35. The summed E-state index contributed by atoms with van der Waals surface area (Å²) in [7, 11) is -3.66. The number of nitrogens with one attached hydrogen (secondary N) is 1. The van der Waals surface area contributed by atoms with E-state index >= 15 is 0 Å². The second-order valence-corrected chi connectivity index (χ2v) is 9.28. The number of carbonyl (C=O) groups excluding carboxylic acids is 1. The van der Waals surface area contributed by atoms with Gasteiger partial charge < -0.3 is 5.32 Å². The molecule has 146 valence electrons. The summed E-state index contributed by atoms with van der Waals surface area (Å²) in [6, 6.07) is 5.35. The molecule has 2 rings (SSSR count). The Morgan fingerprint density at radius 1 is 1.41 bits per heavy atom. The molecule has 1 aromatic heterocycles. The van der Waals surface area contributed by atoms with Crippen molar-refractivity contribution in [3.05, 3.63) is 34.4 Å². The molecule has 10 nitrogen and oxygen atoms in total. The normalized spacial score (nSPS) is 11.2. The van der Waals surface area contributed by atoms with Crippen molar-refractivity contribution in [3.8, 4) is 0 Å². The van der Waals surface area contributed by atoms with Gasteiger partial charge in [-0.05, 0) is 18.7 Å². The molecule has 0 aliphatic carbocycles. The number of hydrogen-bond donors (Lipinski definition) is 1. The van der Waals surface area contributed by atoms with E-state index in [2.05, 4.69) is 15.5 Å². The molecule has 0 fully saturated rings. The minimum absolute atomic E-state index is 0.0135. The van der Waals surface area contributed by atoms with Crippen LogP contribution in [0.15, 0.2) is 28.6 Å². The molecule has 1 N–H and O–H groups in total. The predicted molar refractivity (Wildman–Crippen MR) is 105 cm³/mol. The maximum absolute atomic E-state index is 12.1. The van der Waals surface area contributed by atoms with Crippen molar-refractivity contribution in [1.82, 2.24) is 10.2 Å². The van der Waals surface area contributed by atoms with Crippen LogP contribution in [0.2, 0.25) is 0 Å². The van der Waals surface area contributed by atoms with E-state index in [1.165, 1.54) is 47.4 Å². The Morgan fingerprint density at radius 2 is 2.15 bits per heavy atom. The Bertz CT molecular complexity index is 931. The highest BCUT2D eigenvalue weighted by atomic mass is 32.2. The second kappa shape index (κ2) is 9.10. The van der Waals surface area contributed by atoms with E-state index in [0.717, 1.165) is 14.9 Å². The molecule has 0 atom stereocenters. The number of thioether (sulfide) groups is 1. The largest absolute Gasteiger partial charge is 0.301 e. The highest BCUT2D eigenvalue weighted by Crippen LogP contribution is 2.24. The number of hydrogen-bond acceptors (Lipinski definition) is 9. The molecule has 1 amide bonds. The van der Waals surface area contributed by atoms with Gasteiger partial charge in [-0.15, -0.1) is 10.2 Å². The summed E-state index contributed by atoms with van der Waals surface area (Å²) in [5.41, 5.74) is -0.0272. The van der Waals surface area contributed by atoms with E-state index in [4.69, 9.17) is 0 Å². The summed E-state index contributed by atoms with van der Waals surface area (Å²) in [6.45, 7) is 0.0135. The lowest BCUT2D eigenvalue weighted by Gasteiger charge is -2.22. The van der Waals surface area contributed by atoms with E-state index in [-0.39, 0.29) is 36.7 Å². The number of benzene rings is 1. The molecule has 0 saturated heterocycles. The summed E-state index contributed by atoms with van der Waals surface area (Å²) in [6.07, 6.45) is 3.15. The van der Waals surface area contributed by atoms with Crippen LogP contribution in [0, 0.1) is 10.1 Å². The number of amides is 1. The van der Waals surface area contributed by atoms with Crippen molar-refractivity contribution in [2.75, 3.05) is 28.7 Å². The molecule has 0 spiro atoms. The average molecular weight is 432 g/mol. The fraction of sp³-hybridized carbons (Fsp3) is 0.357. The van der Waals surface area contributed by atoms with E-state index in [1.54, 1.807) is 0 Å². The Labute approximate surface area is 164 Å². The van der Waals surface area contributed by atoms with Crippen LogP contribution >= 0.6 is 23.1 Å². The lowest BCUT2D eigenvalue weighted by Crippen LogP contribution is -2.31. The first-order chi connectivity index (χ1) is 12.7. The molecule has 0 unspecified atom stereocenters. The van der Waals surface area contributed by atoms with Gasteiger partial charge in [0.15, 0.2) is 4.34 Å². The maximum Gasteiger partial charge on any atom is 0.271 e. The monoisotopic (exact) mass is 431 g/mol. The van der Waals surface area contributed by atoms with Gasteiger partial charge in [-0.2, -0.15) is 0 Å². The number of non-ortho nitro benzene ring substituents is 1. The molecule has 0 saturated carbocycles. The fourth-order valence-corrected chi connectivity index (χ4v) is 4.30. The van der Waals surface area contributed by atoms with Crippen LogP contribution in [-0.2, 0) is 14.8 Å². The molecule has 13 heteroatoms. The molecule has 0 aliphatic rings. The zero-order valence-corrected chi connectivity index (χ0v) is 16.9. The first-order valence-electron chi connectivity index (χ1n) is 7.60. The molecule has 1 aromatic carbocycles. The molecular weight excluding hydrogens is 414 g/mol. The zero-order valence-electron chi connectivity index (χ0n) is 14.5. The quantitative estimate of drug-likeness (QED) is 0.277. The van der Waals surface area contributed by atoms with Crippen LogP contribution in [0.25, 0.3) is 0 Å². The number of carbonyl (C=O) groups is 1. The Kier molecular flexibility index (Phi) is 7.10. The SMILES string of the molecule is CSc1nnc(NC(=O)CCCN(c2cccc([N+](=O)[O-])c2)S(C)(=O)=O)s1. The summed E-state index contributed by atoms with van der Waals surface area (Å²) in [5, 5.41) is 21.6. The van der Waals surface area contributed by atoms with Crippen LogP contribution in [0.1, 0.15) is 12.8 Å². The minimum Gasteiger partial charge on any atom is -0.301 e. The minimum atomic E-state index is -3.66. The van der Waals surface area contributed by atoms with Crippen molar-refractivity contribution < 1.29 is 18.1 Å². The lowest BCUT2D eigenvalue weighted by atomic mass is 10.2. The Balaban J connectivity index is 2.00. The van der Waals surface area contributed by atoms with Crippen molar-refractivity contribution in [2.45, 2.75) is 17.2 Å². The summed E-state index contributed by atoms with van der Waals surface area (Å²) in [5.74, 6) is -0.314. The number of nitrogens with zero attached hydrogens (tertiary/aromatic N) is 4. The highest BCUT2D eigenvalue weighted by molar-refractivity contribution is 8.00. The Morgan fingerprint density at radius 3 is 2.74 bits per heavy atom. The highest BCUT2D eigenvalue weighted by Gasteiger charge is 2.20. The van der Waals surface area contributed by atoms with Crippen LogP contribution in [-0.4, -0.2) is 48.5 Å². The molecular formula is C14H17N5O5S3. The first kappa shape index (κ1) is 21.1.